The Morgan fingerprint density at radius 1 is 1.15 bits per heavy atom. The van der Waals surface area contributed by atoms with E-state index >= 15 is 4.39 Å². The highest BCUT2D eigenvalue weighted by atomic mass is 19.1. The largest absolute Gasteiger partial charge is 0.354 e. The highest BCUT2D eigenvalue weighted by molar-refractivity contribution is 5.96. The van der Waals surface area contributed by atoms with E-state index in [9.17, 15) is 18.8 Å². The molecule has 1 saturated heterocycles. The van der Waals surface area contributed by atoms with Crippen LogP contribution in [0.2, 0.25) is 0 Å². The average Bonchev–Trinajstić information content (AvgIpc) is 2.97. The summed E-state index contributed by atoms with van der Waals surface area (Å²) in [6.45, 7) is 2.35. The first-order chi connectivity index (χ1) is 15.8. The molecule has 0 unspecified atom stereocenters. The Morgan fingerprint density at radius 3 is 2.67 bits per heavy atom. The summed E-state index contributed by atoms with van der Waals surface area (Å²) in [5.74, 6) is -2.40. The molecule has 0 atom stereocenters. The van der Waals surface area contributed by atoms with Crippen molar-refractivity contribution in [2.75, 3.05) is 31.6 Å². The van der Waals surface area contributed by atoms with Gasteiger partial charge in [-0.05, 0) is 31.5 Å². The van der Waals surface area contributed by atoms with Gasteiger partial charge in [-0.2, -0.15) is 4.39 Å². The molecule has 2 amide bonds. The number of amides is 2. The van der Waals surface area contributed by atoms with E-state index in [1.54, 1.807) is 24.0 Å². The van der Waals surface area contributed by atoms with E-state index in [4.69, 9.17) is 0 Å². The number of aromatic nitrogens is 3. The molecule has 0 spiro atoms. The summed E-state index contributed by atoms with van der Waals surface area (Å²) in [5.41, 5.74) is 0.371. The third-order valence-corrected chi connectivity index (χ3v) is 5.54. The van der Waals surface area contributed by atoms with E-state index in [1.165, 1.54) is 24.1 Å². The number of hydrogen-bond donors (Lipinski definition) is 2. The summed E-state index contributed by atoms with van der Waals surface area (Å²) < 4.78 is 29.6. The number of aryl methyl sites for hydroxylation is 1. The highest BCUT2D eigenvalue weighted by Crippen LogP contribution is 2.23. The first kappa shape index (κ1) is 22.5. The Morgan fingerprint density at radius 2 is 1.94 bits per heavy atom. The standard InChI is InChI=1S/C22H22F2N6O3/c1-12-21(32)28-19-14(26-12)5-4-13(18(19)23)10-29-8-3-9-30(17(31)11-29)16-7-6-15(22(33)25-2)27-20(16)24/h4-7H,3,8-11H2,1-2H3,(H,25,33)(H,28,32). The normalized spacial score (nSPS) is 15.0. The Balaban J connectivity index is 1.54. The number of aromatic amines is 1. The van der Waals surface area contributed by atoms with Crippen molar-refractivity contribution in [3.63, 3.8) is 0 Å². The van der Waals surface area contributed by atoms with Gasteiger partial charge in [0.2, 0.25) is 11.9 Å². The van der Waals surface area contributed by atoms with E-state index in [2.05, 4.69) is 20.3 Å². The minimum atomic E-state index is -0.912. The van der Waals surface area contributed by atoms with Gasteiger partial charge in [-0.3, -0.25) is 19.3 Å². The van der Waals surface area contributed by atoms with Crippen LogP contribution >= 0.6 is 0 Å². The predicted octanol–water partition coefficient (Wildman–Crippen LogP) is 1.50. The third kappa shape index (κ3) is 4.44. The van der Waals surface area contributed by atoms with Crippen molar-refractivity contribution in [3.8, 4) is 0 Å². The topological polar surface area (TPSA) is 111 Å². The molecule has 0 bridgehead atoms. The van der Waals surface area contributed by atoms with Gasteiger partial charge in [-0.15, -0.1) is 0 Å². The van der Waals surface area contributed by atoms with Crippen LogP contribution in [0.25, 0.3) is 11.0 Å². The number of carbonyl (C=O) groups is 2. The minimum absolute atomic E-state index is 0.00888. The van der Waals surface area contributed by atoms with Gasteiger partial charge in [0.25, 0.3) is 11.5 Å². The first-order valence-electron chi connectivity index (χ1n) is 10.4. The molecule has 1 aliphatic rings. The van der Waals surface area contributed by atoms with Gasteiger partial charge in [0, 0.05) is 32.2 Å². The minimum Gasteiger partial charge on any atom is -0.354 e. The smallest absolute Gasteiger partial charge is 0.269 e. The van der Waals surface area contributed by atoms with E-state index < -0.39 is 23.2 Å². The number of hydrogen-bond acceptors (Lipinski definition) is 6. The molecule has 3 aromatic rings. The van der Waals surface area contributed by atoms with E-state index in [-0.39, 0.29) is 48.1 Å². The summed E-state index contributed by atoms with van der Waals surface area (Å²) in [6, 6.07) is 5.91. The summed E-state index contributed by atoms with van der Waals surface area (Å²) in [4.78, 5) is 49.7. The van der Waals surface area contributed by atoms with Crippen molar-refractivity contribution in [1.82, 2.24) is 25.2 Å². The Labute approximate surface area is 187 Å². The quantitative estimate of drug-likeness (QED) is 0.576. The van der Waals surface area contributed by atoms with Crippen LogP contribution in [0.3, 0.4) is 0 Å². The number of H-pyrrole nitrogens is 1. The molecule has 1 aliphatic heterocycles. The average molecular weight is 456 g/mol. The molecule has 172 valence electrons. The van der Waals surface area contributed by atoms with Crippen LogP contribution in [0.5, 0.6) is 0 Å². The first-order valence-corrected chi connectivity index (χ1v) is 10.4. The molecule has 0 aliphatic carbocycles. The van der Waals surface area contributed by atoms with Crippen LogP contribution in [-0.2, 0) is 11.3 Å². The molecule has 2 N–H and O–H groups in total. The van der Waals surface area contributed by atoms with Crippen LogP contribution in [-0.4, -0.2) is 58.3 Å². The van der Waals surface area contributed by atoms with Crippen molar-refractivity contribution in [3.05, 3.63) is 63.3 Å². The number of halogens is 2. The molecule has 9 nitrogen and oxygen atoms in total. The van der Waals surface area contributed by atoms with Gasteiger partial charge >= 0.3 is 0 Å². The number of rotatable bonds is 4. The lowest BCUT2D eigenvalue weighted by atomic mass is 10.1. The molecule has 3 heterocycles. The maximum atomic E-state index is 15.0. The molecule has 0 radical (unpaired) electrons. The number of benzene rings is 1. The molecule has 0 saturated carbocycles. The summed E-state index contributed by atoms with van der Waals surface area (Å²) in [6.07, 6.45) is 0.523. The number of pyridine rings is 1. The number of nitrogens with one attached hydrogen (secondary N) is 2. The molecule has 1 fully saturated rings. The van der Waals surface area contributed by atoms with E-state index in [0.717, 1.165) is 0 Å². The van der Waals surface area contributed by atoms with Gasteiger partial charge in [-0.1, -0.05) is 6.07 Å². The number of fused-ring (bicyclic) bond motifs is 1. The number of nitrogens with zero attached hydrogens (tertiary/aromatic N) is 4. The lowest BCUT2D eigenvalue weighted by molar-refractivity contribution is -0.119. The Kier molecular flexibility index (Phi) is 6.14. The maximum Gasteiger partial charge on any atom is 0.269 e. The Hall–Kier alpha value is -3.73. The summed E-state index contributed by atoms with van der Waals surface area (Å²) in [5, 5.41) is 2.37. The van der Waals surface area contributed by atoms with Gasteiger partial charge in [0.1, 0.15) is 16.9 Å². The van der Waals surface area contributed by atoms with Crippen molar-refractivity contribution in [1.29, 1.82) is 0 Å². The van der Waals surface area contributed by atoms with Crippen molar-refractivity contribution >= 4 is 28.5 Å². The van der Waals surface area contributed by atoms with Crippen LogP contribution in [0.1, 0.15) is 28.2 Å². The molecule has 4 rings (SSSR count). The second kappa shape index (κ2) is 9.02. The van der Waals surface area contributed by atoms with Gasteiger partial charge < -0.3 is 15.2 Å². The SMILES string of the molecule is CNC(=O)c1ccc(N2CCCN(Cc3ccc4nc(C)c(=O)[nH]c4c3F)CC2=O)c(F)n1. The second-order valence-corrected chi connectivity index (χ2v) is 7.78. The fourth-order valence-corrected chi connectivity index (χ4v) is 3.82. The molecular weight excluding hydrogens is 434 g/mol. The van der Waals surface area contributed by atoms with E-state index in [0.29, 0.717) is 24.0 Å². The van der Waals surface area contributed by atoms with Crippen LogP contribution in [0, 0.1) is 18.7 Å². The van der Waals surface area contributed by atoms with Crippen molar-refractivity contribution < 1.29 is 18.4 Å². The second-order valence-electron chi connectivity index (χ2n) is 7.78. The van der Waals surface area contributed by atoms with Gasteiger partial charge in [-0.25, -0.2) is 14.4 Å². The van der Waals surface area contributed by atoms with Crippen LogP contribution < -0.4 is 15.8 Å². The predicted molar refractivity (Wildman–Crippen MR) is 117 cm³/mol. The monoisotopic (exact) mass is 456 g/mol. The third-order valence-electron chi connectivity index (χ3n) is 5.54. The number of anilines is 1. The fourth-order valence-electron chi connectivity index (χ4n) is 3.82. The zero-order chi connectivity index (χ0) is 23.7. The molecule has 33 heavy (non-hydrogen) atoms. The lowest BCUT2D eigenvalue weighted by Gasteiger charge is -2.22. The lowest BCUT2D eigenvalue weighted by Crippen LogP contribution is -2.37. The fraction of sp³-hybridized carbons (Fsp3) is 0.318. The van der Waals surface area contributed by atoms with Crippen LogP contribution in [0.15, 0.2) is 29.1 Å². The molecule has 2 aromatic heterocycles. The van der Waals surface area contributed by atoms with Crippen molar-refractivity contribution in [2.24, 2.45) is 0 Å². The molecule has 11 heteroatoms. The molecule has 1 aromatic carbocycles. The van der Waals surface area contributed by atoms with Crippen molar-refractivity contribution in [2.45, 2.75) is 19.9 Å². The van der Waals surface area contributed by atoms with Crippen LogP contribution in [0.4, 0.5) is 14.5 Å². The summed E-state index contributed by atoms with van der Waals surface area (Å²) >= 11 is 0. The Bertz CT molecular complexity index is 1310. The maximum absolute atomic E-state index is 15.0. The van der Waals surface area contributed by atoms with Gasteiger partial charge in [0.05, 0.1) is 17.7 Å². The molecular formula is C22H22F2N6O3. The van der Waals surface area contributed by atoms with Gasteiger partial charge in [0.15, 0.2) is 5.82 Å². The zero-order valence-corrected chi connectivity index (χ0v) is 18.1. The van der Waals surface area contributed by atoms with E-state index in [1.807, 2.05) is 0 Å². The zero-order valence-electron chi connectivity index (χ0n) is 18.1. The summed E-state index contributed by atoms with van der Waals surface area (Å²) in [7, 11) is 1.41. The highest BCUT2D eigenvalue weighted by Gasteiger charge is 2.26. The number of carbonyl (C=O) groups excluding carboxylic acids is 2.